The Bertz CT molecular complexity index is 974. The SMILES string of the molecule is Cc1ccc([C@H](C)NC(=O)COc2ccc3c(C4CC4)nn(C)c3n2)cc1. The standard InChI is InChI=1S/C21H24N4O2/c1-13-4-6-15(7-5-13)14(2)22-18(26)12-27-19-11-10-17-20(16-8-9-16)24-25(3)21(17)23-19/h4-7,10-11,14,16H,8-9,12H2,1-3H3,(H,22,26)/t14-/m0/s1. The van der Waals surface area contributed by atoms with Crippen LogP contribution in [0.1, 0.15) is 48.5 Å². The molecule has 1 aliphatic carbocycles. The molecule has 2 heterocycles. The highest BCUT2D eigenvalue weighted by atomic mass is 16.5. The summed E-state index contributed by atoms with van der Waals surface area (Å²) >= 11 is 0. The second-order valence-corrected chi connectivity index (χ2v) is 7.29. The first-order valence-electron chi connectivity index (χ1n) is 9.33. The Hall–Kier alpha value is -2.89. The molecule has 1 saturated carbocycles. The predicted octanol–water partition coefficient (Wildman–Crippen LogP) is 3.41. The van der Waals surface area contributed by atoms with E-state index >= 15 is 0 Å². The monoisotopic (exact) mass is 364 g/mol. The van der Waals surface area contributed by atoms with Gasteiger partial charge in [0.1, 0.15) is 0 Å². The number of ether oxygens (including phenoxy) is 1. The average Bonchev–Trinajstić information content (AvgIpc) is 3.45. The normalized spacial score (nSPS) is 14.9. The van der Waals surface area contributed by atoms with E-state index in [1.165, 1.54) is 18.4 Å². The molecule has 0 aliphatic heterocycles. The van der Waals surface area contributed by atoms with E-state index in [0.29, 0.717) is 11.8 Å². The van der Waals surface area contributed by atoms with Crippen LogP contribution >= 0.6 is 0 Å². The maximum atomic E-state index is 12.2. The average molecular weight is 364 g/mol. The minimum Gasteiger partial charge on any atom is -0.468 e. The van der Waals surface area contributed by atoms with Crippen LogP contribution in [0, 0.1) is 6.92 Å². The Kier molecular flexibility index (Phi) is 4.56. The van der Waals surface area contributed by atoms with Gasteiger partial charge in [-0.15, -0.1) is 0 Å². The van der Waals surface area contributed by atoms with Crippen molar-refractivity contribution < 1.29 is 9.53 Å². The molecule has 6 nitrogen and oxygen atoms in total. The van der Waals surface area contributed by atoms with Crippen LogP contribution in [0.4, 0.5) is 0 Å². The summed E-state index contributed by atoms with van der Waals surface area (Å²) in [6.07, 6.45) is 2.40. The number of amides is 1. The topological polar surface area (TPSA) is 69.0 Å². The fraction of sp³-hybridized carbons (Fsp3) is 0.381. The number of fused-ring (bicyclic) bond motifs is 1. The molecule has 1 aliphatic rings. The van der Waals surface area contributed by atoms with E-state index in [-0.39, 0.29) is 18.6 Å². The van der Waals surface area contributed by atoms with E-state index in [9.17, 15) is 4.79 Å². The van der Waals surface area contributed by atoms with Crippen LogP contribution in [-0.2, 0) is 11.8 Å². The molecule has 0 bridgehead atoms. The molecule has 140 valence electrons. The molecule has 1 aromatic carbocycles. The summed E-state index contributed by atoms with van der Waals surface area (Å²) in [5.74, 6) is 0.830. The molecule has 0 radical (unpaired) electrons. The summed E-state index contributed by atoms with van der Waals surface area (Å²) in [5.41, 5.74) is 4.18. The summed E-state index contributed by atoms with van der Waals surface area (Å²) in [5, 5.41) is 8.61. The van der Waals surface area contributed by atoms with E-state index in [1.54, 1.807) is 4.68 Å². The molecule has 6 heteroatoms. The highest BCUT2D eigenvalue weighted by Crippen LogP contribution is 2.42. The summed E-state index contributed by atoms with van der Waals surface area (Å²) in [7, 11) is 1.89. The number of aryl methyl sites for hydroxylation is 2. The quantitative estimate of drug-likeness (QED) is 0.728. The number of rotatable bonds is 6. The second-order valence-electron chi connectivity index (χ2n) is 7.29. The molecule has 1 amide bonds. The lowest BCUT2D eigenvalue weighted by atomic mass is 10.1. The summed E-state index contributed by atoms with van der Waals surface area (Å²) < 4.78 is 7.39. The molecule has 1 atom stereocenters. The number of hydrogen-bond donors (Lipinski definition) is 1. The van der Waals surface area contributed by atoms with Gasteiger partial charge < -0.3 is 10.1 Å². The van der Waals surface area contributed by atoms with Gasteiger partial charge in [0.05, 0.1) is 11.7 Å². The van der Waals surface area contributed by atoms with Crippen LogP contribution in [-0.4, -0.2) is 27.3 Å². The molecule has 0 unspecified atom stereocenters. The number of pyridine rings is 1. The molecule has 0 saturated heterocycles. The van der Waals surface area contributed by atoms with E-state index in [1.807, 2.05) is 57.3 Å². The summed E-state index contributed by atoms with van der Waals surface area (Å²) in [4.78, 5) is 16.7. The second kappa shape index (κ2) is 7.02. The van der Waals surface area contributed by atoms with E-state index < -0.39 is 0 Å². The fourth-order valence-electron chi connectivity index (χ4n) is 3.24. The molecule has 0 spiro atoms. The third-order valence-electron chi connectivity index (χ3n) is 4.96. The van der Waals surface area contributed by atoms with Crippen LogP contribution in [0.5, 0.6) is 5.88 Å². The zero-order valence-corrected chi connectivity index (χ0v) is 15.9. The van der Waals surface area contributed by atoms with E-state index in [2.05, 4.69) is 15.4 Å². The number of aromatic nitrogens is 3. The molecule has 4 rings (SSSR count). The molecule has 2 aromatic heterocycles. The fourth-order valence-corrected chi connectivity index (χ4v) is 3.24. The highest BCUT2D eigenvalue weighted by Gasteiger charge is 2.29. The molecule has 1 fully saturated rings. The lowest BCUT2D eigenvalue weighted by molar-refractivity contribution is -0.123. The number of benzene rings is 1. The molecular formula is C21H24N4O2. The predicted molar refractivity (Wildman–Crippen MR) is 104 cm³/mol. The Morgan fingerprint density at radius 1 is 1.26 bits per heavy atom. The van der Waals surface area contributed by atoms with Gasteiger partial charge in [0.2, 0.25) is 5.88 Å². The van der Waals surface area contributed by atoms with Crippen LogP contribution in [0.2, 0.25) is 0 Å². The van der Waals surface area contributed by atoms with Crippen LogP contribution in [0.3, 0.4) is 0 Å². The van der Waals surface area contributed by atoms with Crippen molar-refractivity contribution in [1.29, 1.82) is 0 Å². The molecule has 3 aromatic rings. The van der Waals surface area contributed by atoms with Gasteiger partial charge in [-0.2, -0.15) is 10.1 Å². The first-order valence-corrected chi connectivity index (χ1v) is 9.33. The van der Waals surface area contributed by atoms with Crippen molar-refractivity contribution in [3.8, 4) is 5.88 Å². The van der Waals surface area contributed by atoms with Crippen molar-refractivity contribution in [1.82, 2.24) is 20.1 Å². The highest BCUT2D eigenvalue weighted by molar-refractivity contribution is 5.80. The number of nitrogens with one attached hydrogen (secondary N) is 1. The largest absolute Gasteiger partial charge is 0.468 e. The van der Waals surface area contributed by atoms with E-state index in [0.717, 1.165) is 22.3 Å². The Morgan fingerprint density at radius 2 is 2.00 bits per heavy atom. The number of carbonyl (C=O) groups excluding carboxylic acids is 1. The molecule has 1 N–H and O–H groups in total. The number of hydrogen-bond acceptors (Lipinski definition) is 4. The smallest absolute Gasteiger partial charge is 0.258 e. The molecule has 27 heavy (non-hydrogen) atoms. The van der Waals surface area contributed by atoms with Gasteiger partial charge >= 0.3 is 0 Å². The third kappa shape index (κ3) is 3.79. The first kappa shape index (κ1) is 17.5. The van der Waals surface area contributed by atoms with Crippen LogP contribution in [0.25, 0.3) is 11.0 Å². The zero-order chi connectivity index (χ0) is 19.0. The van der Waals surface area contributed by atoms with Gasteiger partial charge in [-0.1, -0.05) is 29.8 Å². The lowest BCUT2D eigenvalue weighted by Gasteiger charge is -2.14. The van der Waals surface area contributed by atoms with E-state index in [4.69, 9.17) is 4.74 Å². The summed E-state index contributed by atoms with van der Waals surface area (Å²) in [6.45, 7) is 3.94. The van der Waals surface area contributed by atoms with Gasteiger partial charge in [-0.3, -0.25) is 9.48 Å². The van der Waals surface area contributed by atoms with Crippen molar-refractivity contribution in [2.45, 2.75) is 38.6 Å². The van der Waals surface area contributed by atoms with Gasteiger partial charge in [-0.25, -0.2) is 0 Å². The third-order valence-corrected chi connectivity index (χ3v) is 4.96. The Morgan fingerprint density at radius 3 is 2.70 bits per heavy atom. The Labute approximate surface area is 158 Å². The van der Waals surface area contributed by atoms with Crippen molar-refractivity contribution in [3.63, 3.8) is 0 Å². The van der Waals surface area contributed by atoms with Crippen molar-refractivity contribution in [3.05, 3.63) is 53.2 Å². The van der Waals surface area contributed by atoms with Gasteiger partial charge in [0, 0.05) is 24.4 Å². The van der Waals surface area contributed by atoms with Gasteiger partial charge in [0.15, 0.2) is 12.3 Å². The minimum atomic E-state index is -0.173. The van der Waals surface area contributed by atoms with Crippen molar-refractivity contribution >= 4 is 16.9 Å². The lowest BCUT2D eigenvalue weighted by Crippen LogP contribution is -2.31. The molecular weight excluding hydrogens is 340 g/mol. The first-order chi connectivity index (χ1) is 13.0. The zero-order valence-electron chi connectivity index (χ0n) is 15.9. The minimum absolute atomic E-state index is 0.0674. The van der Waals surface area contributed by atoms with Crippen LogP contribution < -0.4 is 10.1 Å². The van der Waals surface area contributed by atoms with Crippen molar-refractivity contribution in [2.24, 2.45) is 7.05 Å². The maximum Gasteiger partial charge on any atom is 0.258 e. The summed E-state index contributed by atoms with van der Waals surface area (Å²) in [6, 6.07) is 11.9. The maximum absolute atomic E-state index is 12.2. The number of nitrogens with zero attached hydrogens (tertiary/aromatic N) is 3. The Balaban J connectivity index is 1.38. The van der Waals surface area contributed by atoms with Crippen molar-refractivity contribution in [2.75, 3.05) is 6.61 Å². The number of carbonyl (C=O) groups is 1. The van der Waals surface area contributed by atoms with Crippen LogP contribution in [0.15, 0.2) is 36.4 Å². The van der Waals surface area contributed by atoms with Gasteiger partial charge in [0.25, 0.3) is 5.91 Å². The van der Waals surface area contributed by atoms with Gasteiger partial charge in [-0.05, 0) is 38.3 Å².